The maximum absolute atomic E-state index is 13.9. The summed E-state index contributed by atoms with van der Waals surface area (Å²) in [5.41, 5.74) is 2.05. The zero-order chi connectivity index (χ0) is 14.7. The molecule has 0 amide bonds. The first kappa shape index (κ1) is 14.7. The van der Waals surface area contributed by atoms with E-state index in [2.05, 4.69) is 17.0 Å². The van der Waals surface area contributed by atoms with Crippen LogP contribution in [0.15, 0.2) is 47.4 Å². The molecule has 110 valence electrons. The van der Waals surface area contributed by atoms with E-state index in [0.717, 1.165) is 42.3 Å². The Hall–Kier alpha value is -1.19. The van der Waals surface area contributed by atoms with Gasteiger partial charge < -0.3 is 4.90 Å². The number of hydrogen-bond donors (Lipinski definition) is 0. The van der Waals surface area contributed by atoms with Gasteiger partial charge in [0.15, 0.2) is 0 Å². The average molecular weight is 322 g/mol. The summed E-state index contributed by atoms with van der Waals surface area (Å²) in [6.45, 7) is 1.93. The lowest BCUT2D eigenvalue weighted by Gasteiger charge is -2.20. The zero-order valence-electron chi connectivity index (χ0n) is 11.7. The van der Waals surface area contributed by atoms with E-state index in [9.17, 15) is 4.39 Å². The molecule has 1 saturated heterocycles. The largest absolute Gasteiger partial charge is 0.370 e. The molecule has 2 aromatic rings. The van der Waals surface area contributed by atoms with Gasteiger partial charge in [0.1, 0.15) is 5.82 Å². The van der Waals surface area contributed by atoms with Crippen LogP contribution in [0.2, 0.25) is 5.02 Å². The van der Waals surface area contributed by atoms with Gasteiger partial charge in [-0.3, -0.25) is 0 Å². The van der Waals surface area contributed by atoms with Gasteiger partial charge in [0.2, 0.25) is 0 Å². The van der Waals surface area contributed by atoms with Gasteiger partial charge in [0.25, 0.3) is 0 Å². The fraction of sp³-hybridized carbons (Fsp3) is 0.294. The molecule has 2 aromatic carbocycles. The molecule has 1 aliphatic rings. The highest BCUT2D eigenvalue weighted by Crippen LogP contribution is 2.38. The standard InChI is InChI=1S/C17H17ClFNS/c18-17-15(20-8-4-5-9-20)10-14(19)11-16(17)21-12-13-6-2-1-3-7-13/h1-3,6-7,10-11H,4-5,8-9,12H2. The van der Waals surface area contributed by atoms with E-state index < -0.39 is 0 Å². The third-order valence-corrected chi connectivity index (χ3v) is 5.29. The molecule has 4 heteroatoms. The minimum Gasteiger partial charge on any atom is -0.370 e. The van der Waals surface area contributed by atoms with Crippen molar-refractivity contribution >= 4 is 29.1 Å². The van der Waals surface area contributed by atoms with Crippen LogP contribution in [0.3, 0.4) is 0 Å². The topological polar surface area (TPSA) is 3.24 Å². The molecule has 0 aliphatic carbocycles. The van der Waals surface area contributed by atoms with Crippen LogP contribution >= 0.6 is 23.4 Å². The van der Waals surface area contributed by atoms with Gasteiger partial charge in [0.05, 0.1) is 10.7 Å². The predicted octanol–water partition coefficient (Wildman–Crippen LogP) is 5.37. The van der Waals surface area contributed by atoms with Crippen molar-refractivity contribution in [3.63, 3.8) is 0 Å². The normalized spacial score (nSPS) is 14.7. The monoisotopic (exact) mass is 321 g/mol. The van der Waals surface area contributed by atoms with Gasteiger partial charge in [0, 0.05) is 23.7 Å². The number of anilines is 1. The Bertz CT molecular complexity index is 612. The van der Waals surface area contributed by atoms with Crippen molar-refractivity contribution < 1.29 is 4.39 Å². The van der Waals surface area contributed by atoms with Crippen LogP contribution in [-0.2, 0) is 5.75 Å². The lowest BCUT2D eigenvalue weighted by Crippen LogP contribution is -2.18. The summed E-state index contributed by atoms with van der Waals surface area (Å²) in [6, 6.07) is 13.3. The molecule has 0 aromatic heterocycles. The summed E-state index contributed by atoms with van der Waals surface area (Å²) in [5.74, 6) is 0.584. The molecule has 1 fully saturated rings. The Balaban J connectivity index is 1.81. The highest BCUT2D eigenvalue weighted by molar-refractivity contribution is 7.98. The van der Waals surface area contributed by atoms with Gasteiger partial charge in [-0.15, -0.1) is 11.8 Å². The van der Waals surface area contributed by atoms with Gasteiger partial charge in [-0.1, -0.05) is 41.9 Å². The second-order valence-corrected chi connectivity index (χ2v) is 6.60. The summed E-state index contributed by atoms with van der Waals surface area (Å²) in [6.07, 6.45) is 2.30. The van der Waals surface area contributed by atoms with E-state index in [1.165, 1.54) is 11.6 Å². The summed E-state index contributed by atoms with van der Waals surface area (Å²) >= 11 is 8.09. The fourth-order valence-corrected chi connectivity index (χ4v) is 3.91. The van der Waals surface area contributed by atoms with E-state index in [4.69, 9.17) is 11.6 Å². The van der Waals surface area contributed by atoms with Gasteiger partial charge in [-0.25, -0.2) is 4.39 Å². The van der Waals surface area contributed by atoms with Crippen LogP contribution in [0.25, 0.3) is 0 Å². The molecule has 0 N–H and O–H groups in total. The van der Waals surface area contributed by atoms with Crippen molar-refractivity contribution in [2.45, 2.75) is 23.5 Å². The highest BCUT2D eigenvalue weighted by Gasteiger charge is 2.18. The van der Waals surface area contributed by atoms with Crippen LogP contribution in [0.1, 0.15) is 18.4 Å². The van der Waals surface area contributed by atoms with Crippen LogP contribution in [-0.4, -0.2) is 13.1 Å². The lowest BCUT2D eigenvalue weighted by molar-refractivity contribution is 0.623. The van der Waals surface area contributed by atoms with Crippen LogP contribution < -0.4 is 4.90 Å². The van der Waals surface area contributed by atoms with Gasteiger partial charge in [-0.2, -0.15) is 0 Å². The SMILES string of the molecule is Fc1cc(SCc2ccccc2)c(Cl)c(N2CCCC2)c1. The summed E-state index contributed by atoms with van der Waals surface area (Å²) in [5, 5.41) is 0.680. The second-order valence-electron chi connectivity index (χ2n) is 5.21. The van der Waals surface area contributed by atoms with Crippen molar-refractivity contribution in [2.24, 2.45) is 0 Å². The maximum Gasteiger partial charge on any atom is 0.126 e. The molecule has 3 rings (SSSR count). The summed E-state index contributed by atoms with van der Waals surface area (Å²) in [7, 11) is 0. The van der Waals surface area contributed by atoms with Gasteiger partial charge in [-0.05, 0) is 30.5 Å². The van der Waals surface area contributed by atoms with Crippen molar-refractivity contribution in [1.29, 1.82) is 0 Å². The molecule has 1 aliphatic heterocycles. The number of thioether (sulfide) groups is 1. The smallest absolute Gasteiger partial charge is 0.126 e. The Kier molecular flexibility index (Phi) is 4.71. The van der Waals surface area contributed by atoms with Crippen molar-refractivity contribution in [1.82, 2.24) is 0 Å². The molecule has 0 bridgehead atoms. The number of benzene rings is 2. The number of rotatable bonds is 4. The van der Waals surface area contributed by atoms with Crippen LogP contribution in [0, 0.1) is 5.82 Å². The third kappa shape index (κ3) is 3.53. The van der Waals surface area contributed by atoms with E-state index in [1.807, 2.05) is 18.2 Å². The Morgan fingerprint density at radius 3 is 2.52 bits per heavy atom. The highest BCUT2D eigenvalue weighted by atomic mass is 35.5. The molecular formula is C17H17ClFNS. The van der Waals surface area contributed by atoms with Crippen molar-refractivity contribution in [3.8, 4) is 0 Å². The Morgan fingerprint density at radius 1 is 1.10 bits per heavy atom. The molecule has 0 unspecified atom stereocenters. The van der Waals surface area contributed by atoms with E-state index in [0.29, 0.717) is 5.02 Å². The molecule has 1 nitrogen and oxygen atoms in total. The van der Waals surface area contributed by atoms with Gasteiger partial charge >= 0.3 is 0 Å². The molecule has 0 saturated carbocycles. The number of halogens is 2. The first-order valence-corrected chi connectivity index (χ1v) is 8.51. The number of nitrogens with zero attached hydrogens (tertiary/aromatic N) is 1. The number of hydrogen-bond acceptors (Lipinski definition) is 2. The van der Waals surface area contributed by atoms with Crippen LogP contribution in [0.4, 0.5) is 10.1 Å². The molecule has 1 heterocycles. The first-order valence-electron chi connectivity index (χ1n) is 7.15. The van der Waals surface area contributed by atoms with Crippen molar-refractivity contribution in [3.05, 3.63) is 58.9 Å². The minimum atomic E-state index is -0.211. The molecular weight excluding hydrogens is 305 g/mol. The third-order valence-electron chi connectivity index (χ3n) is 3.67. The Morgan fingerprint density at radius 2 is 1.81 bits per heavy atom. The van der Waals surface area contributed by atoms with Crippen molar-refractivity contribution in [2.75, 3.05) is 18.0 Å². The molecule has 0 radical (unpaired) electrons. The average Bonchev–Trinajstić information content (AvgIpc) is 3.03. The minimum absolute atomic E-state index is 0.211. The van der Waals surface area contributed by atoms with E-state index in [-0.39, 0.29) is 5.82 Å². The first-order chi connectivity index (χ1) is 10.2. The van der Waals surface area contributed by atoms with E-state index in [1.54, 1.807) is 17.8 Å². The predicted molar refractivity (Wildman–Crippen MR) is 88.9 cm³/mol. The van der Waals surface area contributed by atoms with E-state index >= 15 is 0 Å². The lowest BCUT2D eigenvalue weighted by atomic mass is 10.2. The zero-order valence-corrected chi connectivity index (χ0v) is 13.3. The maximum atomic E-state index is 13.9. The summed E-state index contributed by atoms with van der Waals surface area (Å²) in [4.78, 5) is 3.00. The second kappa shape index (κ2) is 6.71. The quantitative estimate of drug-likeness (QED) is 0.696. The molecule has 21 heavy (non-hydrogen) atoms. The molecule has 0 atom stereocenters. The summed E-state index contributed by atoms with van der Waals surface area (Å²) < 4.78 is 13.9. The fourth-order valence-electron chi connectivity index (χ4n) is 2.58. The molecule has 0 spiro atoms. The van der Waals surface area contributed by atoms with Crippen LogP contribution in [0.5, 0.6) is 0 Å². The Labute approximate surface area is 134 Å².